The summed E-state index contributed by atoms with van der Waals surface area (Å²) in [4.78, 5) is 13.4. The SMILES string of the molecule is CCc1ccc(NC(=O)C2Sc3nnc(COc4ccccc4)n3NC2c2ccccc2)cc1. The first-order valence-electron chi connectivity index (χ1n) is 11.2. The van der Waals surface area contributed by atoms with E-state index in [-0.39, 0.29) is 18.6 Å². The highest BCUT2D eigenvalue weighted by Gasteiger charge is 2.37. The lowest BCUT2D eigenvalue weighted by Crippen LogP contribution is -2.41. The van der Waals surface area contributed by atoms with E-state index in [0.717, 1.165) is 23.4 Å². The number of amides is 1. The number of para-hydroxylation sites is 1. The highest BCUT2D eigenvalue weighted by Crippen LogP contribution is 2.37. The van der Waals surface area contributed by atoms with Gasteiger partial charge in [-0.25, -0.2) is 4.68 Å². The van der Waals surface area contributed by atoms with Crippen LogP contribution in [0.15, 0.2) is 90.1 Å². The number of fused-ring (bicyclic) bond motifs is 1. The Morgan fingerprint density at radius 2 is 1.71 bits per heavy atom. The van der Waals surface area contributed by atoms with Crippen molar-refractivity contribution in [2.45, 2.75) is 36.4 Å². The lowest BCUT2D eigenvalue weighted by atomic mass is 10.0. The van der Waals surface area contributed by atoms with Gasteiger partial charge in [-0.15, -0.1) is 10.2 Å². The zero-order valence-electron chi connectivity index (χ0n) is 18.7. The third kappa shape index (κ3) is 4.77. The summed E-state index contributed by atoms with van der Waals surface area (Å²) in [5.41, 5.74) is 6.47. The molecular formula is C26H25N5O2S. The Kier molecular flexibility index (Phi) is 6.49. The van der Waals surface area contributed by atoms with Crippen molar-refractivity contribution in [3.05, 3.63) is 102 Å². The summed E-state index contributed by atoms with van der Waals surface area (Å²) in [6.07, 6.45) is 0.957. The summed E-state index contributed by atoms with van der Waals surface area (Å²) in [6.45, 7) is 2.37. The lowest BCUT2D eigenvalue weighted by Gasteiger charge is -2.33. The van der Waals surface area contributed by atoms with Crippen LogP contribution in [-0.2, 0) is 17.8 Å². The third-order valence-electron chi connectivity index (χ3n) is 5.66. The Morgan fingerprint density at radius 1 is 1.00 bits per heavy atom. The third-order valence-corrected chi connectivity index (χ3v) is 6.88. The molecule has 0 radical (unpaired) electrons. The monoisotopic (exact) mass is 471 g/mol. The quantitative estimate of drug-likeness (QED) is 0.402. The van der Waals surface area contributed by atoms with E-state index in [1.807, 2.05) is 89.6 Å². The van der Waals surface area contributed by atoms with Crippen LogP contribution in [0.5, 0.6) is 5.75 Å². The number of ether oxygens (including phenoxy) is 1. The maximum Gasteiger partial charge on any atom is 0.240 e. The van der Waals surface area contributed by atoms with Gasteiger partial charge in [0, 0.05) is 5.69 Å². The molecular weight excluding hydrogens is 446 g/mol. The second-order valence-electron chi connectivity index (χ2n) is 7.93. The Hall–Kier alpha value is -3.78. The van der Waals surface area contributed by atoms with E-state index in [4.69, 9.17) is 4.74 Å². The second kappa shape index (κ2) is 10.0. The van der Waals surface area contributed by atoms with Crippen LogP contribution in [0, 0.1) is 0 Å². The summed E-state index contributed by atoms with van der Waals surface area (Å²) < 4.78 is 7.70. The second-order valence-corrected chi connectivity index (χ2v) is 9.04. The lowest BCUT2D eigenvalue weighted by molar-refractivity contribution is -0.116. The van der Waals surface area contributed by atoms with Crippen molar-refractivity contribution in [2.75, 3.05) is 10.7 Å². The molecule has 0 saturated heterocycles. The molecule has 4 aromatic rings. The maximum absolute atomic E-state index is 13.4. The first kappa shape index (κ1) is 22.0. The number of rotatable bonds is 7. The van der Waals surface area contributed by atoms with Gasteiger partial charge in [-0.1, -0.05) is 79.3 Å². The van der Waals surface area contributed by atoms with Gasteiger partial charge in [0.15, 0.2) is 5.82 Å². The number of anilines is 1. The van der Waals surface area contributed by atoms with Crippen LogP contribution < -0.4 is 15.5 Å². The molecule has 1 aromatic heterocycles. The molecule has 7 nitrogen and oxygen atoms in total. The van der Waals surface area contributed by atoms with E-state index >= 15 is 0 Å². The fourth-order valence-electron chi connectivity index (χ4n) is 3.80. The van der Waals surface area contributed by atoms with E-state index in [9.17, 15) is 4.79 Å². The summed E-state index contributed by atoms with van der Waals surface area (Å²) in [5.74, 6) is 1.31. The van der Waals surface area contributed by atoms with Gasteiger partial charge in [0.2, 0.25) is 11.1 Å². The van der Waals surface area contributed by atoms with E-state index < -0.39 is 5.25 Å². The molecule has 1 amide bonds. The van der Waals surface area contributed by atoms with E-state index in [0.29, 0.717) is 11.0 Å². The van der Waals surface area contributed by atoms with Gasteiger partial charge in [-0.3, -0.25) is 4.79 Å². The number of benzene rings is 3. The number of aromatic nitrogens is 3. The molecule has 8 heteroatoms. The fraction of sp³-hybridized carbons (Fsp3) is 0.192. The molecule has 5 rings (SSSR count). The zero-order valence-corrected chi connectivity index (χ0v) is 19.5. The molecule has 0 bridgehead atoms. The molecule has 0 fully saturated rings. The predicted octanol–water partition coefficient (Wildman–Crippen LogP) is 4.82. The molecule has 2 atom stereocenters. The van der Waals surface area contributed by atoms with Crippen LogP contribution in [0.2, 0.25) is 0 Å². The van der Waals surface area contributed by atoms with E-state index in [1.54, 1.807) is 0 Å². The average molecular weight is 472 g/mol. The van der Waals surface area contributed by atoms with Crippen LogP contribution in [0.1, 0.15) is 29.9 Å². The van der Waals surface area contributed by atoms with Gasteiger partial charge in [-0.05, 0) is 41.8 Å². The van der Waals surface area contributed by atoms with Crippen molar-refractivity contribution in [2.24, 2.45) is 0 Å². The molecule has 172 valence electrons. The number of nitrogens with one attached hydrogen (secondary N) is 2. The number of carbonyl (C=O) groups is 1. The standard InChI is InChI=1S/C26H25N5O2S/c1-2-18-13-15-20(16-14-18)27-25(32)24-23(19-9-5-3-6-10-19)30-31-22(28-29-26(31)34-24)17-33-21-11-7-4-8-12-21/h3-16,23-24,30H,2,17H2,1H3,(H,27,32). The van der Waals surface area contributed by atoms with Crippen LogP contribution in [-0.4, -0.2) is 26.0 Å². The Morgan fingerprint density at radius 3 is 2.41 bits per heavy atom. The number of nitrogens with zero attached hydrogens (tertiary/aromatic N) is 3. The summed E-state index contributed by atoms with van der Waals surface area (Å²) in [6, 6.07) is 27.2. The molecule has 1 aliphatic heterocycles. The van der Waals surface area contributed by atoms with E-state index in [2.05, 4.69) is 27.9 Å². The van der Waals surface area contributed by atoms with Gasteiger partial charge in [-0.2, -0.15) is 0 Å². The number of aryl methyl sites for hydroxylation is 1. The number of thioether (sulfide) groups is 1. The van der Waals surface area contributed by atoms with Gasteiger partial charge < -0.3 is 15.5 Å². The zero-order chi connectivity index (χ0) is 23.3. The molecule has 1 aliphatic rings. The Balaban J connectivity index is 1.39. The normalized spacial score (nSPS) is 16.9. The molecule has 2 heterocycles. The van der Waals surface area contributed by atoms with Gasteiger partial charge >= 0.3 is 0 Å². The number of hydrogen-bond donors (Lipinski definition) is 2. The van der Waals surface area contributed by atoms with Gasteiger partial charge in [0.1, 0.15) is 17.6 Å². The fourth-order valence-corrected chi connectivity index (χ4v) is 4.90. The predicted molar refractivity (Wildman–Crippen MR) is 133 cm³/mol. The first-order chi connectivity index (χ1) is 16.7. The van der Waals surface area contributed by atoms with Crippen LogP contribution in [0.25, 0.3) is 0 Å². The summed E-state index contributed by atoms with van der Waals surface area (Å²) in [7, 11) is 0. The first-order valence-corrected chi connectivity index (χ1v) is 12.1. The summed E-state index contributed by atoms with van der Waals surface area (Å²) in [5, 5.41) is 11.9. The summed E-state index contributed by atoms with van der Waals surface area (Å²) >= 11 is 1.40. The van der Waals surface area contributed by atoms with Gasteiger partial charge in [0.05, 0.1) is 6.04 Å². The highest BCUT2D eigenvalue weighted by molar-refractivity contribution is 8.00. The highest BCUT2D eigenvalue weighted by atomic mass is 32.2. The van der Waals surface area contributed by atoms with Crippen molar-refractivity contribution < 1.29 is 9.53 Å². The molecule has 2 unspecified atom stereocenters. The Labute approximate surface area is 202 Å². The minimum absolute atomic E-state index is 0.0908. The van der Waals surface area contributed by atoms with Gasteiger partial charge in [0.25, 0.3) is 0 Å². The molecule has 34 heavy (non-hydrogen) atoms. The largest absolute Gasteiger partial charge is 0.486 e. The number of hydrogen-bond acceptors (Lipinski definition) is 6. The molecule has 2 N–H and O–H groups in total. The van der Waals surface area contributed by atoms with Crippen LogP contribution >= 0.6 is 11.8 Å². The molecule has 3 aromatic carbocycles. The van der Waals surface area contributed by atoms with Crippen molar-refractivity contribution in [1.82, 2.24) is 14.9 Å². The number of carbonyl (C=O) groups excluding carboxylic acids is 1. The van der Waals surface area contributed by atoms with Crippen molar-refractivity contribution in [3.8, 4) is 5.75 Å². The van der Waals surface area contributed by atoms with Crippen molar-refractivity contribution in [3.63, 3.8) is 0 Å². The molecule has 0 saturated carbocycles. The molecule has 0 aliphatic carbocycles. The Bertz CT molecular complexity index is 1250. The smallest absolute Gasteiger partial charge is 0.240 e. The van der Waals surface area contributed by atoms with Crippen LogP contribution in [0.4, 0.5) is 5.69 Å². The van der Waals surface area contributed by atoms with Crippen molar-refractivity contribution >= 4 is 23.4 Å². The average Bonchev–Trinajstić information content (AvgIpc) is 3.30. The topological polar surface area (TPSA) is 81.1 Å². The van der Waals surface area contributed by atoms with E-state index in [1.165, 1.54) is 17.3 Å². The van der Waals surface area contributed by atoms with Crippen LogP contribution in [0.3, 0.4) is 0 Å². The maximum atomic E-state index is 13.4. The minimum atomic E-state index is -0.437. The molecule has 0 spiro atoms. The minimum Gasteiger partial charge on any atom is -0.486 e. The van der Waals surface area contributed by atoms with Crippen molar-refractivity contribution in [1.29, 1.82) is 0 Å².